The Balaban J connectivity index is 1.43. The number of rotatable bonds is 7. The number of H-pyrrole nitrogens is 1. The highest BCUT2D eigenvalue weighted by Gasteiger charge is 2.21. The van der Waals surface area contributed by atoms with Crippen LogP contribution < -0.4 is 14.8 Å². The first kappa shape index (κ1) is 20.8. The van der Waals surface area contributed by atoms with Crippen molar-refractivity contribution >= 4 is 5.96 Å². The van der Waals surface area contributed by atoms with Crippen LogP contribution in [-0.2, 0) is 19.4 Å². The Morgan fingerprint density at radius 3 is 2.77 bits per heavy atom. The van der Waals surface area contributed by atoms with Gasteiger partial charge in [-0.25, -0.2) is 4.98 Å². The van der Waals surface area contributed by atoms with Gasteiger partial charge in [0.05, 0.1) is 20.5 Å². The third-order valence-electron chi connectivity index (χ3n) is 5.24. The van der Waals surface area contributed by atoms with Crippen molar-refractivity contribution in [2.75, 3.05) is 33.9 Å². The van der Waals surface area contributed by atoms with Crippen molar-refractivity contribution in [3.05, 3.63) is 47.5 Å². The molecule has 1 aliphatic heterocycles. The van der Waals surface area contributed by atoms with E-state index in [0.717, 1.165) is 49.3 Å². The van der Waals surface area contributed by atoms with Crippen molar-refractivity contribution in [1.82, 2.24) is 25.4 Å². The number of ether oxygens (including phenoxy) is 2. The van der Waals surface area contributed by atoms with E-state index in [-0.39, 0.29) is 0 Å². The van der Waals surface area contributed by atoms with E-state index in [1.807, 2.05) is 12.1 Å². The lowest BCUT2D eigenvalue weighted by molar-refractivity contribution is 0.346. The first-order chi connectivity index (χ1) is 15.2. The summed E-state index contributed by atoms with van der Waals surface area (Å²) in [4.78, 5) is 11.6. The first-order valence-electron chi connectivity index (χ1n) is 10.4. The molecule has 3 aromatic rings. The van der Waals surface area contributed by atoms with Gasteiger partial charge in [0.1, 0.15) is 5.82 Å². The number of guanidine groups is 1. The monoisotopic (exact) mass is 424 g/mol. The summed E-state index contributed by atoms with van der Waals surface area (Å²) in [5.41, 5.74) is 2.52. The van der Waals surface area contributed by atoms with Crippen molar-refractivity contribution < 1.29 is 13.9 Å². The topological polar surface area (TPSA) is 101 Å². The molecule has 0 unspecified atom stereocenters. The number of hydrogen-bond donors (Lipinski definition) is 2. The smallest absolute Gasteiger partial charge is 0.216 e. The molecule has 0 radical (unpaired) electrons. The molecule has 9 heteroatoms. The molecule has 0 bridgehead atoms. The maximum Gasteiger partial charge on any atom is 0.216 e. The van der Waals surface area contributed by atoms with Crippen molar-refractivity contribution in [3.8, 4) is 23.1 Å². The first-order valence-corrected chi connectivity index (χ1v) is 10.4. The van der Waals surface area contributed by atoms with Crippen LogP contribution >= 0.6 is 0 Å². The van der Waals surface area contributed by atoms with Crippen LogP contribution in [0, 0.1) is 0 Å². The second kappa shape index (κ2) is 9.55. The fourth-order valence-corrected chi connectivity index (χ4v) is 3.68. The highest BCUT2D eigenvalue weighted by Crippen LogP contribution is 2.33. The minimum absolute atomic E-state index is 0.563. The lowest BCUT2D eigenvalue weighted by Crippen LogP contribution is -2.44. The molecule has 1 aromatic carbocycles. The van der Waals surface area contributed by atoms with Gasteiger partial charge in [0.2, 0.25) is 5.82 Å². The van der Waals surface area contributed by atoms with Crippen LogP contribution in [0.3, 0.4) is 0 Å². The lowest BCUT2D eigenvalue weighted by Gasteiger charge is -2.32. The Labute approximate surface area is 181 Å². The number of fused-ring (bicyclic) bond motifs is 1. The Bertz CT molecular complexity index is 1030. The van der Waals surface area contributed by atoms with E-state index in [0.29, 0.717) is 24.6 Å². The Kier molecular flexibility index (Phi) is 6.40. The van der Waals surface area contributed by atoms with E-state index < -0.39 is 0 Å². The Morgan fingerprint density at radius 2 is 2.06 bits per heavy atom. The number of furan rings is 1. The molecular weight excluding hydrogens is 396 g/mol. The van der Waals surface area contributed by atoms with Gasteiger partial charge < -0.3 is 24.1 Å². The SMILES string of the molecule is CCNC(=NCCc1nc(-c2ccco2)n[nH]1)N1CCc2cc(OC)c(OC)cc2C1. The molecule has 164 valence electrons. The van der Waals surface area contributed by atoms with Crippen molar-refractivity contribution in [3.63, 3.8) is 0 Å². The summed E-state index contributed by atoms with van der Waals surface area (Å²) in [7, 11) is 3.33. The van der Waals surface area contributed by atoms with Gasteiger partial charge in [-0.05, 0) is 48.7 Å². The summed E-state index contributed by atoms with van der Waals surface area (Å²) >= 11 is 0. The largest absolute Gasteiger partial charge is 0.493 e. The normalized spacial score (nSPS) is 13.8. The molecule has 4 rings (SSSR count). The molecular formula is C22H28N6O3. The maximum absolute atomic E-state index is 5.48. The van der Waals surface area contributed by atoms with Gasteiger partial charge >= 0.3 is 0 Å². The molecule has 2 aromatic heterocycles. The van der Waals surface area contributed by atoms with Crippen LogP contribution in [0.1, 0.15) is 23.9 Å². The van der Waals surface area contributed by atoms with Gasteiger partial charge in [0, 0.05) is 32.6 Å². The predicted octanol–water partition coefficient (Wildman–Crippen LogP) is 2.65. The average Bonchev–Trinajstić information content (AvgIpc) is 3.49. The molecule has 0 aliphatic carbocycles. The van der Waals surface area contributed by atoms with Gasteiger partial charge in [-0.3, -0.25) is 10.1 Å². The van der Waals surface area contributed by atoms with Crippen LogP contribution in [0.25, 0.3) is 11.6 Å². The zero-order chi connectivity index (χ0) is 21.6. The number of nitrogens with zero attached hydrogens (tertiary/aromatic N) is 4. The third kappa shape index (κ3) is 4.65. The molecule has 3 heterocycles. The molecule has 2 N–H and O–H groups in total. The number of aliphatic imine (C=N–C) groups is 1. The highest BCUT2D eigenvalue weighted by atomic mass is 16.5. The molecule has 1 aliphatic rings. The number of aromatic amines is 1. The fourth-order valence-electron chi connectivity index (χ4n) is 3.68. The van der Waals surface area contributed by atoms with E-state index in [1.54, 1.807) is 20.5 Å². The summed E-state index contributed by atoms with van der Waals surface area (Å²) in [5, 5.41) is 10.6. The van der Waals surface area contributed by atoms with E-state index >= 15 is 0 Å². The van der Waals surface area contributed by atoms with Gasteiger partial charge in [-0.2, -0.15) is 5.10 Å². The fraction of sp³-hybridized carbons (Fsp3) is 0.409. The molecule has 0 amide bonds. The van der Waals surface area contributed by atoms with Crippen LogP contribution in [0.15, 0.2) is 39.9 Å². The van der Waals surface area contributed by atoms with Crippen molar-refractivity contribution in [2.24, 2.45) is 4.99 Å². The number of hydrogen-bond acceptors (Lipinski definition) is 6. The van der Waals surface area contributed by atoms with Gasteiger partial charge in [-0.15, -0.1) is 0 Å². The van der Waals surface area contributed by atoms with E-state index in [2.05, 4.69) is 44.5 Å². The second-order valence-corrected chi connectivity index (χ2v) is 7.22. The minimum atomic E-state index is 0.563. The number of benzene rings is 1. The molecule has 0 fully saturated rings. The Morgan fingerprint density at radius 1 is 1.26 bits per heavy atom. The van der Waals surface area contributed by atoms with Crippen LogP contribution in [-0.4, -0.2) is 59.9 Å². The average molecular weight is 425 g/mol. The van der Waals surface area contributed by atoms with Crippen LogP contribution in [0.5, 0.6) is 11.5 Å². The van der Waals surface area contributed by atoms with E-state index in [4.69, 9.17) is 18.9 Å². The number of aromatic nitrogens is 3. The zero-order valence-electron chi connectivity index (χ0n) is 18.1. The van der Waals surface area contributed by atoms with Gasteiger partial charge in [0.15, 0.2) is 23.2 Å². The summed E-state index contributed by atoms with van der Waals surface area (Å²) in [6.45, 7) is 5.14. The van der Waals surface area contributed by atoms with Crippen LogP contribution in [0.2, 0.25) is 0 Å². The molecule has 0 spiro atoms. The summed E-state index contributed by atoms with van der Waals surface area (Å²) in [6.07, 6.45) is 3.20. The maximum atomic E-state index is 5.48. The van der Waals surface area contributed by atoms with Gasteiger partial charge in [-0.1, -0.05) is 0 Å². The van der Waals surface area contributed by atoms with E-state index in [1.165, 1.54) is 11.1 Å². The lowest BCUT2D eigenvalue weighted by atomic mass is 9.99. The van der Waals surface area contributed by atoms with Crippen molar-refractivity contribution in [2.45, 2.75) is 26.3 Å². The summed E-state index contributed by atoms with van der Waals surface area (Å²) < 4.78 is 16.3. The van der Waals surface area contributed by atoms with Crippen LogP contribution in [0.4, 0.5) is 0 Å². The minimum Gasteiger partial charge on any atom is -0.493 e. The second-order valence-electron chi connectivity index (χ2n) is 7.22. The number of methoxy groups -OCH3 is 2. The van der Waals surface area contributed by atoms with Crippen molar-refractivity contribution in [1.29, 1.82) is 0 Å². The molecule has 0 saturated carbocycles. The predicted molar refractivity (Wildman–Crippen MR) is 117 cm³/mol. The molecule has 0 atom stereocenters. The van der Waals surface area contributed by atoms with Gasteiger partial charge in [0.25, 0.3) is 0 Å². The molecule has 31 heavy (non-hydrogen) atoms. The third-order valence-corrected chi connectivity index (χ3v) is 5.24. The standard InChI is InChI=1S/C22H28N6O3/c1-4-23-22(24-9-7-20-25-21(27-26-20)17-6-5-11-31-17)28-10-8-15-12-18(29-2)19(30-3)13-16(15)14-28/h5-6,11-13H,4,7-10,14H2,1-3H3,(H,23,24)(H,25,26,27). The zero-order valence-corrected chi connectivity index (χ0v) is 18.1. The van der Waals surface area contributed by atoms with E-state index in [9.17, 15) is 0 Å². The molecule has 9 nitrogen and oxygen atoms in total. The quantitative estimate of drug-likeness (QED) is 0.444. The summed E-state index contributed by atoms with van der Waals surface area (Å²) in [6, 6.07) is 7.80. The summed E-state index contributed by atoms with van der Waals surface area (Å²) in [5.74, 6) is 4.42. The Hall–Kier alpha value is -3.49. The number of nitrogens with one attached hydrogen (secondary N) is 2. The molecule has 0 saturated heterocycles. The highest BCUT2D eigenvalue weighted by molar-refractivity contribution is 5.80.